The number of rotatable bonds is 4. The molecule has 2 aromatic carbocycles. The number of nitrogens with one attached hydrogen (secondary N) is 1. The van der Waals surface area contributed by atoms with Gasteiger partial charge in [0.25, 0.3) is 5.91 Å². The van der Waals surface area contributed by atoms with Crippen LogP contribution in [0.4, 0.5) is 4.39 Å². The summed E-state index contributed by atoms with van der Waals surface area (Å²) in [5, 5.41) is 7.75. The number of primary sulfonamides is 1. The molecule has 0 aliphatic heterocycles. The van der Waals surface area contributed by atoms with Crippen LogP contribution in [0.15, 0.2) is 45.8 Å². The summed E-state index contributed by atoms with van der Waals surface area (Å²) in [7, 11) is -3.94. The van der Waals surface area contributed by atoms with Crippen molar-refractivity contribution >= 4 is 31.9 Å². The van der Waals surface area contributed by atoms with E-state index in [1.165, 1.54) is 24.3 Å². The average molecular weight is 401 g/mol. The van der Waals surface area contributed by atoms with Crippen molar-refractivity contribution in [3.05, 3.63) is 63.4 Å². The Kier molecular flexibility index (Phi) is 5.18. The Morgan fingerprint density at radius 3 is 2.57 bits per heavy atom. The van der Waals surface area contributed by atoms with Crippen molar-refractivity contribution in [2.45, 2.75) is 18.4 Å². The van der Waals surface area contributed by atoms with Gasteiger partial charge in [-0.05, 0) is 58.2 Å². The molecule has 1 amide bonds. The van der Waals surface area contributed by atoms with Crippen LogP contribution >= 0.6 is 15.9 Å². The molecule has 2 rings (SSSR count). The summed E-state index contributed by atoms with van der Waals surface area (Å²) in [6.07, 6.45) is 0. The van der Waals surface area contributed by atoms with Crippen molar-refractivity contribution in [2.75, 3.05) is 0 Å². The standard InChI is InChI=1S/C15H14BrFN2O3S/c1-9-6-10(2-5-13(9)17)8-19-15(20)11-3-4-12(16)14(7-11)23(18,21)22/h2-7H,8H2,1H3,(H,19,20)(H2,18,21,22). The van der Waals surface area contributed by atoms with Gasteiger partial charge in [-0.1, -0.05) is 12.1 Å². The molecule has 0 aliphatic rings. The molecule has 23 heavy (non-hydrogen) atoms. The molecule has 8 heteroatoms. The molecular weight excluding hydrogens is 387 g/mol. The van der Waals surface area contributed by atoms with Gasteiger partial charge in [-0.15, -0.1) is 0 Å². The van der Waals surface area contributed by atoms with E-state index in [1.54, 1.807) is 19.1 Å². The summed E-state index contributed by atoms with van der Waals surface area (Å²) in [5.41, 5.74) is 1.38. The maximum Gasteiger partial charge on any atom is 0.251 e. The first-order chi connectivity index (χ1) is 10.7. The molecule has 0 aromatic heterocycles. The summed E-state index contributed by atoms with van der Waals surface area (Å²) in [6.45, 7) is 1.83. The summed E-state index contributed by atoms with van der Waals surface area (Å²) >= 11 is 3.08. The van der Waals surface area contributed by atoms with Crippen LogP contribution in [0.3, 0.4) is 0 Å². The Hall–Kier alpha value is -1.77. The third-order valence-corrected chi connectivity index (χ3v) is 5.08. The third-order valence-electron chi connectivity index (χ3n) is 3.18. The molecule has 0 bridgehead atoms. The molecule has 0 fully saturated rings. The van der Waals surface area contributed by atoms with E-state index in [-0.39, 0.29) is 27.3 Å². The SMILES string of the molecule is Cc1cc(CNC(=O)c2ccc(Br)c(S(N)(=O)=O)c2)ccc1F. The highest BCUT2D eigenvalue weighted by Gasteiger charge is 2.16. The molecule has 0 radical (unpaired) electrons. The Balaban J connectivity index is 2.16. The van der Waals surface area contributed by atoms with E-state index in [0.29, 0.717) is 5.56 Å². The van der Waals surface area contributed by atoms with Crippen molar-refractivity contribution in [1.82, 2.24) is 5.32 Å². The fourth-order valence-electron chi connectivity index (χ4n) is 1.96. The van der Waals surface area contributed by atoms with Crippen molar-refractivity contribution in [3.8, 4) is 0 Å². The highest BCUT2D eigenvalue weighted by Crippen LogP contribution is 2.22. The monoisotopic (exact) mass is 400 g/mol. The van der Waals surface area contributed by atoms with Crippen LogP contribution in [-0.2, 0) is 16.6 Å². The molecule has 0 heterocycles. The largest absolute Gasteiger partial charge is 0.348 e. The van der Waals surface area contributed by atoms with Gasteiger partial charge in [0.1, 0.15) is 5.82 Å². The molecule has 0 unspecified atom stereocenters. The number of carbonyl (C=O) groups is 1. The van der Waals surface area contributed by atoms with E-state index in [2.05, 4.69) is 21.2 Å². The molecule has 0 saturated heterocycles. The van der Waals surface area contributed by atoms with Gasteiger partial charge in [0, 0.05) is 16.6 Å². The van der Waals surface area contributed by atoms with E-state index < -0.39 is 15.9 Å². The van der Waals surface area contributed by atoms with Crippen LogP contribution < -0.4 is 10.5 Å². The van der Waals surface area contributed by atoms with Crippen LogP contribution in [0.5, 0.6) is 0 Å². The topological polar surface area (TPSA) is 89.3 Å². The molecule has 0 aliphatic carbocycles. The number of carbonyl (C=O) groups excluding carboxylic acids is 1. The van der Waals surface area contributed by atoms with E-state index >= 15 is 0 Å². The van der Waals surface area contributed by atoms with Crippen LogP contribution in [0, 0.1) is 12.7 Å². The van der Waals surface area contributed by atoms with Gasteiger partial charge in [-0.2, -0.15) is 0 Å². The highest BCUT2D eigenvalue weighted by molar-refractivity contribution is 9.10. The van der Waals surface area contributed by atoms with Gasteiger partial charge in [0.2, 0.25) is 10.0 Å². The number of hydrogen-bond acceptors (Lipinski definition) is 3. The molecule has 0 atom stereocenters. The van der Waals surface area contributed by atoms with E-state index in [0.717, 1.165) is 5.56 Å². The second kappa shape index (κ2) is 6.77. The summed E-state index contributed by atoms with van der Waals surface area (Å²) in [5.74, 6) is -0.768. The van der Waals surface area contributed by atoms with Crippen LogP contribution in [0.2, 0.25) is 0 Å². The molecule has 0 saturated carbocycles. The Morgan fingerprint density at radius 1 is 1.26 bits per heavy atom. The van der Waals surface area contributed by atoms with Crippen LogP contribution in [0.1, 0.15) is 21.5 Å². The number of benzene rings is 2. The summed E-state index contributed by atoms with van der Waals surface area (Å²) in [4.78, 5) is 12.0. The van der Waals surface area contributed by atoms with Gasteiger partial charge < -0.3 is 5.32 Å². The lowest BCUT2D eigenvalue weighted by atomic mass is 10.1. The lowest BCUT2D eigenvalue weighted by molar-refractivity contribution is 0.0950. The van der Waals surface area contributed by atoms with Gasteiger partial charge in [-0.25, -0.2) is 17.9 Å². The van der Waals surface area contributed by atoms with Crippen LogP contribution in [0.25, 0.3) is 0 Å². The Bertz CT molecular complexity index is 869. The maximum atomic E-state index is 13.2. The second-order valence-electron chi connectivity index (χ2n) is 4.96. The minimum atomic E-state index is -3.94. The molecule has 5 nitrogen and oxygen atoms in total. The number of amides is 1. The average Bonchev–Trinajstić information content (AvgIpc) is 2.47. The zero-order valence-electron chi connectivity index (χ0n) is 12.1. The number of aryl methyl sites for hydroxylation is 1. The molecule has 0 spiro atoms. The molecule has 122 valence electrons. The second-order valence-corrected chi connectivity index (χ2v) is 7.34. The quantitative estimate of drug-likeness (QED) is 0.825. The number of sulfonamides is 1. The predicted octanol–water partition coefficient (Wildman–Crippen LogP) is 2.47. The number of halogens is 2. The zero-order chi connectivity index (χ0) is 17.2. The minimum absolute atomic E-state index is 0.163. The Morgan fingerprint density at radius 2 is 1.96 bits per heavy atom. The van der Waals surface area contributed by atoms with Crippen molar-refractivity contribution in [2.24, 2.45) is 5.14 Å². The maximum absolute atomic E-state index is 13.2. The van der Waals surface area contributed by atoms with Gasteiger partial charge in [0.15, 0.2) is 0 Å². The first kappa shape index (κ1) is 17.6. The first-order valence-electron chi connectivity index (χ1n) is 6.54. The molecule has 3 N–H and O–H groups in total. The zero-order valence-corrected chi connectivity index (χ0v) is 14.5. The van der Waals surface area contributed by atoms with E-state index in [9.17, 15) is 17.6 Å². The predicted molar refractivity (Wildman–Crippen MR) is 87.8 cm³/mol. The molecular formula is C15H14BrFN2O3S. The first-order valence-corrected chi connectivity index (χ1v) is 8.88. The number of nitrogens with two attached hydrogens (primary N) is 1. The normalized spacial score (nSPS) is 11.3. The van der Waals surface area contributed by atoms with Crippen molar-refractivity contribution < 1.29 is 17.6 Å². The van der Waals surface area contributed by atoms with E-state index in [4.69, 9.17) is 5.14 Å². The third kappa shape index (κ3) is 4.37. The number of hydrogen-bond donors (Lipinski definition) is 2. The fraction of sp³-hybridized carbons (Fsp3) is 0.133. The lowest BCUT2D eigenvalue weighted by Gasteiger charge is -2.08. The van der Waals surface area contributed by atoms with Crippen LogP contribution in [-0.4, -0.2) is 14.3 Å². The highest BCUT2D eigenvalue weighted by atomic mass is 79.9. The van der Waals surface area contributed by atoms with Gasteiger partial charge in [0.05, 0.1) is 4.90 Å². The van der Waals surface area contributed by atoms with Gasteiger partial charge >= 0.3 is 0 Å². The minimum Gasteiger partial charge on any atom is -0.348 e. The molecule has 2 aromatic rings. The van der Waals surface area contributed by atoms with E-state index in [1.807, 2.05) is 0 Å². The summed E-state index contributed by atoms with van der Waals surface area (Å²) < 4.78 is 36.4. The van der Waals surface area contributed by atoms with Crippen molar-refractivity contribution in [3.63, 3.8) is 0 Å². The summed E-state index contributed by atoms with van der Waals surface area (Å²) in [6, 6.07) is 8.65. The smallest absolute Gasteiger partial charge is 0.251 e. The lowest BCUT2D eigenvalue weighted by Crippen LogP contribution is -2.23. The Labute approximate surface area is 141 Å². The fourth-order valence-corrected chi connectivity index (χ4v) is 3.52. The van der Waals surface area contributed by atoms with Gasteiger partial charge in [-0.3, -0.25) is 4.79 Å². The van der Waals surface area contributed by atoms with Crippen molar-refractivity contribution in [1.29, 1.82) is 0 Å².